The van der Waals surface area contributed by atoms with Crippen LogP contribution in [0.3, 0.4) is 0 Å². The Morgan fingerprint density at radius 2 is 1.85 bits per heavy atom. The molecule has 0 aromatic heterocycles. The Hall–Kier alpha value is -0.610. The highest BCUT2D eigenvalue weighted by atomic mass is 16.1. The van der Waals surface area contributed by atoms with Crippen LogP contribution >= 0.6 is 0 Å². The van der Waals surface area contributed by atoms with Crippen molar-refractivity contribution >= 4 is 5.91 Å². The molecule has 0 aromatic carbocycles. The number of carbonyl (C=O) groups is 1. The summed E-state index contributed by atoms with van der Waals surface area (Å²) in [4.78, 5) is 14.7. The number of hydrogen-bond acceptors (Lipinski definition) is 3. The first-order valence-electron chi connectivity index (χ1n) is 8.13. The molecule has 4 nitrogen and oxygen atoms in total. The normalized spacial score (nSPS) is 27.4. The Morgan fingerprint density at radius 1 is 1.25 bits per heavy atom. The lowest BCUT2D eigenvalue weighted by atomic mass is 9.77. The second-order valence-corrected chi connectivity index (χ2v) is 6.78. The fourth-order valence-electron chi connectivity index (χ4n) is 3.32. The summed E-state index contributed by atoms with van der Waals surface area (Å²) in [5.41, 5.74) is 6.07. The Balaban J connectivity index is 2.39. The first kappa shape index (κ1) is 17.4. The summed E-state index contributed by atoms with van der Waals surface area (Å²) in [6.45, 7) is 12.5. The van der Waals surface area contributed by atoms with Crippen LogP contribution in [0.2, 0.25) is 0 Å². The minimum Gasteiger partial charge on any atom is -0.355 e. The Labute approximate surface area is 124 Å². The van der Waals surface area contributed by atoms with Crippen molar-refractivity contribution in [3.8, 4) is 0 Å². The number of rotatable bonds is 6. The second-order valence-electron chi connectivity index (χ2n) is 6.78. The molecule has 0 heterocycles. The third-order valence-corrected chi connectivity index (χ3v) is 4.70. The van der Waals surface area contributed by atoms with Crippen molar-refractivity contribution in [1.29, 1.82) is 0 Å². The zero-order chi connectivity index (χ0) is 15.3. The SMILES string of the molecule is CC1C(N)CCCC1C(=O)NCCN(C(C)C)C(C)C. The molecule has 1 fully saturated rings. The molecule has 0 aromatic rings. The highest BCUT2D eigenvalue weighted by Crippen LogP contribution is 2.28. The summed E-state index contributed by atoms with van der Waals surface area (Å²) in [6, 6.07) is 1.20. The van der Waals surface area contributed by atoms with Gasteiger partial charge >= 0.3 is 0 Å². The fraction of sp³-hybridized carbons (Fsp3) is 0.938. The van der Waals surface area contributed by atoms with Gasteiger partial charge in [0.15, 0.2) is 0 Å². The van der Waals surface area contributed by atoms with Crippen molar-refractivity contribution in [2.24, 2.45) is 17.6 Å². The van der Waals surface area contributed by atoms with Crippen LogP contribution in [0.5, 0.6) is 0 Å². The first-order valence-corrected chi connectivity index (χ1v) is 8.13. The van der Waals surface area contributed by atoms with Gasteiger partial charge in [-0.3, -0.25) is 9.69 Å². The zero-order valence-electron chi connectivity index (χ0n) is 13.9. The van der Waals surface area contributed by atoms with Crippen molar-refractivity contribution < 1.29 is 4.79 Å². The van der Waals surface area contributed by atoms with Gasteiger partial charge < -0.3 is 11.1 Å². The second kappa shape index (κ2) is 7.99. The van der Waals surface area contributed by atoms with E-state index in [9.17, 15) is 4.79 Å². The Bertz CT molecular complexity index is 296. The maximum Gasteiger partial charge on any atom is 0.223 e. The average Bonchev–Trinajstić information content (AvgIpc) is 2.36. The maximum atomic E-state index is 12.3. The summed E-state index contributed by atoms with van der Waals surface area (Å²) < 4.78 is 0. The Morgan fingerprint density at radius 3 is 2.40 bits per heavy atom. The third kappa shape index (κ3) is 4.74. The lowest BCUT2D eigenvalue weighted by Gasteiger charge is -2.34. The van der Waals surface area contributed by atoms with Crippen molar-refractivity contribution in [3.05, 3.63) is 0 Å². The van der Waals surface area contributed by atoms with Crippen LogP contribution in [0.25, 0.3) is 0 Å². The van der Waals surface area contributed by atoms with Gasteiger partial charge in [0.25, 0.3) is 0 Å². The Kier molecular flexibility index (Phi) is 6.96. The van der Waals surface area contributed by atoms with E-state index in [1.54, 1.807) is 0 Å². The molecule has 3 atom stereocenters. The summed E-state index contributed by atoms with van der Waals surface area (Å²) in [5, 5.41) is 3.11. The van der Waals surface area contributed by atoms with Crippen LogP contribution in [-0.2, 0) is 4.79 Å². The molecule has 1 rings (SSSR count). The zero-order valence-corrected chi connectivity index (χ0v) is 13.9. The van der Waals surface area contributed by atoms with E-state index >= 15 is 0 Å². The van der Waals surface area contributed by atoms with Crippen LogP contribution in [0.1, 0.15) is 53.9 Å². The summed E-state index contributed by atoms with van der Waals surface area (Å²) in [6.07, 6.45) is 3.12. The van der Waals surface area contributed by atoms with Gasteiger partial charge in [-0.05, 0) is 46.5 Å². The summed E-state index contributed by atoms with van der Waals surface area (Å²) in [5.74, 6) is 0.598. The molecule has 0 saturated heterocycles. The quantitative estimate of drug-likeness (QED) is 0.784. The molecular formula is C16H33N3O. The van der Waals surface area contributed by atoms with Crippen LogP contribution in [0.4, 0.5) is 0 Å². The van der Waals surface area contributed by atoms with Gasteiger partial charge in [0, 0.05) is 37.1 Å². The van der Waals surface area contributed by atoms with Crippen LogP contribution < -0.4 is 11.1 Å². The number of nitrogens with two attached hydrogens (primary N) is 1. The molecule has 1 aliphatic carbocycles. The number of hydrogen-bond donors (Lipinski definition) is 2. The van der Waals surface area contributed by atoms with Crippen molar-refractivity contribution in [1.82, 2.24) is 10.2 Å². The van der Waals surface area contributed by atoms with Gasteiger partial charge in [0.05, 0.1) is 0 Å². The minimum atomic E-state index is 0.102. The molecule has 3 unspecified atom stereocenters. The molecule has 3 N–H and O–H groups in total. The molecule has 0 aliphatic heterocycles. The molecule has 0 radical (unpaired) electrons. The van der Waals surface area contributed by atoms with Gasteiger partial charge in [0.2, 0.25) is 5.91 Å². The molecular weight excluding hydrogens is 250 g/mol. The molecule has 0 spiro atoms. The lowest BCUT2D eigenvalue weighted by molar-refractivity contribution is -0.127. The van der Waals surface area contributed by atoms with Crippen molar-refractivity contribution in [2.75, 3.05) is 13.1 Å². The van der Waals surface area contributed by atoms with Gasteiger partial charge in [-0.1, -0.05) is 13.3 Å². The van der Waals surface area contributed by atoms with Gasteiger partial charge in [0.1, 0.15) is 0 Å². The molecule has 0 bridgehead atoms. The van der Waals surface area contributed by atoms with E-state index in [4.69, 9.17) is 5.73 Å². The number of carbonyl (C=O) groups excluding carboxylic acids is 1. The smallest absolute Gasteiger partial charge is 0.223 e. The fourth-order valence-corrected chi connectivity index (χ4v) is 3.32. The van der Waals surface area contributed by atoms with Crippen molar-refractivity contribution in [2.45, 2.75) is 72.0 Å². The third-order valence-electron chi connectivity index (χ3n) is 4.70. The van der Waals surface area contributed by atoms with Gasteiger partial charge in [-0.25, -0.2) is 0 Å². The lowest BCUT2D eigenvalue weighted by Crippen LogP contribution is -2.47. The van der Waals surface area contributed by atoms with Crippen molar-refractivity contribution in [3.63, 3.8) is 0 Å². The van der Waals surface area contributed by atoms with E-state index in [1.807, 2.05) is 0 Å². The van der Waals surface area contributed by atoms with E-state index in [0.29, 0.717) is 18.0 Å². The van der Waals surface area contributed by atoms with Crippen LogP contribution in [-0.4, -0.2) is 42.0 Å². The molecule has 20 heavy (non-hydrogen) atoms. The van der Waals surface area contributed by atoms with Crippen LogP contribution in [0, 0.1) is 11.8 Å². The summed E-state index contributed by atoms with van der Waals surface area (Å²) in [7, 11) is 0. The van der Waals surface area contributed by atoms with E-state index in [-0.39, 0.29) is 17.9 Å². The minimum absolute atomic E-state index is 0.102. The van der Waals surface area contributed by atoms with Gasteiger partial charge in [-0.15, -0.1) is 0 Å². The summed E-state index contributed by atoms with van der Waals surface area (Å²) >= 11 is 0. The standard InChI is InChI=1S/C16H33N3O/c1-11(2)19(12(3)4)10-9-18-16(20)14-7-6-8-15(17)13(14)5/h11-15H,6-10,17H2,1-5H3,(H,18,20). The van der Waals surface area contributed by atoms with Gasteiger partial charge in [-0.2, -0.15) is 0 Å². The average molecular weight is 283 g/mol. The van der Waals surface area contributed by atoms with E-state index in [1.165, 1.54) is 0 Å². The number of amides is 1. The molecule has 1 aliphatic rings. The predicted octanol–water partition coefficient (Wildman–Crippen LogP) is 1.98. The molecule has 118 valence electrons. The molecule has 4 heteroatoms. The topological polar surface area (TPSA) is 58.4 Å². The first-order chi connectivity index (χ1) is 9.34. The van der Waals surface area contributed by atoms with E-state index in [2.05, 4.69) is 44.8 Å². The predicted molar refractivity (Wildman–Crippen MR) is 84.5 cm³/mol. The van der Waals surface area contributed by atoms with Crippen LogP contribution in [0.15, 0.2) is 0 Å². The number of nitrogens with zero attached hydrogens (tertiary/aromatic N) is 1. The molecule has 1 amide bonds. The largest absolute Gasteiger partial charge is 0.355 e. The van der Waals surface area contributed by atoms with E-state index < -0.39 is 0 Å². The van der Waals surface area contributed by atoms with E-state index in [0.717, 1.165) is 32.4 Å². The maximum absolute atomic E-state index is 12.3. The number of nitrogens with one attached hydrogen (secondary N) is 1. The monoisotopic (exact) mass is 283 g/mol. The highest BCUT2D eigenvalue weighted by molar-refractivity contribution is 5.79. The highest BCUT2D eigenvalue weighted by Gasteiger charge is 2.32. The molecule has 1 saturated carbocycles.